The highest BCUT2D eigenvalue weighted by Gasteiger charge is 2.23. The molecule has 7 heteroatoms. The number of nitrogens with one attached hydrogen (secondary N) is 1. The van der Waals surface area contributed by atoms with Gasteiger partial charge in [-0.05, 0) is 42.3 Å². The van der Waals surface area contributed by atoms with E-state index < -0.39 is 28.5 Å². The molecule has 0 saturated carbocycles. The van der Waals surface area contributed by atoms with E-state index in [9.17, 15) is 17.9 Å². The second-order valence-corrected chi connectivity index (χ2v) is 6.94. The minimum absolute atomic E-state index is 0.153. The van der Waals surface area contributed by atoms with Crippen molar-refractivity contribution in [1.82, 2.24) is 4.72 Å². The average molecular weight is 344 g/mol. The van der Waals surface area contributed by atoms with Gasteiger partial charge in [-0.1, -0.05) is 29.8 Å². The van der Waals surface area contributed by atoms with Crippen molar-refractivity contribution < 1.29 is 17.9 Å². The molecule has 0 bridgehead atoms. The number of rotatable bonds is 5. The Balaban J connectivity index is 2.33. The van der Waals surface area contributed by atoms with Gasteiger partial charge in [0, 0.05) is 5.02 Å². The fourth-order valence-electron chi connectivity index (χ4n) is 2.02. The summed E-state index contributed by atoms with van der Waals surface area (Å²) >= 11 is 5.78. The van der Waals surface area contributed by atoms with Crippen LogP contribution < -0.4 is 4.72 Å². The van der Waals surface area contributed by atoms with E-state index >= 15 is 0 Å². The first-order valence-corrected chi connectivity index (χ1v) is 8.34. The maximum Gasteiger partial charge on any atom is 0.241 e. The number of hydrogen-bond donors (Lipinski definition) is 2. The zero-order valence-corrected chi connectivity index (χ0v) is 13.3. The second kappa shape index (κ2) is 6.75. The third-order valence-corrected chi connectivity index (χ3v) is 5.06. The van der Waals surface area contributed by atoms with Gasteiger partial charge in [-0.15, -0.1) is 0 Å². The molecule has 0 aromatic heterocycles. The van der Waals surface area contributed by atoms with E-state index in [0.29, 0.717) is 16.1 Å². The number of aliphatic hydroxyl groups is 1. The number of sulfonamides is 1. The summed E-state index contributed by atoms with van der Waals surface area (Å²) in [5.74, 6) is -0.641. The lowest BCUT2D eigenvalue weighted by Crippen LogP contribution is -2.31. The van der Waals surface area contributed by atoms with Crippen LogP contribution in [0.2, 0.25) is 5.02 Å². The maximum absolute atomic E-state index is 13.3. The molecule has 118 valence electrons. The lowest BCUT2D eigenvalue weighted by Gasteiger charge is -2.18. The summed E-state index contributed by atoms with van der Waals surface area (Å²) in [5, 5.41) is 9.95. The molecule has 1 unspecified atom stereocenters. The minimum atomic E-state index is -3.97. The molecular formula is C15H15ClFNO3S. The lowest BCUT2D eigenvalue weighted by molar-refractivity contribution is 0.259. The van der Waals surface area contributed by atoms with E-state index in [2.05, 4.69) is 4.72 Å². The third kappa shape index (κ3) is 3.84. The second-order valence-electron chi connectivity index (χ2n) is 4.82. The Kier molecular flexibility index (Phi) is 5.18. The molecule has 2 N–H and O–H groups in total. The molecule has 0 heterocycles. The molecular weight excluding hydrogens is 329 g/mol. The maximum atomic E-state index is 13.3. The monoisotopic (exact) mass is 343 g/mol. The predicted molar refractivity (Wildman–Crippen MR) is 82.7 cm³/mol. The van der Waals surface area contributed by atoms with Crippen molar-refractivity contribution in [2.45, 2.75) is 17.9 Å². The van der Waals surface area contributed by atoms with Crippen LogP contribution >= 0.6 is 11.6 Å². The molecule has 0 fully saturated rings. The molecule has 0 amide bonds. The van der Waals surface area contributed by atoms with Crippen LogP contribution in [0.5, 0.6) is 0 Å². The van der Waals surface area contributed by atoms with E-state index in [1.165, 1.54) is 12.1 Å². The first kappa shape index (κ1) is 16.9. The van der Waals surface area contributed by atoms with Crippen LogP contribution in [-0.4, -0.2) is 20.1 Å². The molecule has 2 aromatic carbocycles. The lowest BCUT2D eigenvalue weighted by atomic mass is 10.1. The molecule has 0 aliphatic carbocycles. The van der Waals surface area contributed by atoms with Gasteiger partial charge in [-0.25, -0.2) is 17.5 Å². The third-order valence-electron chi connectivity index (χ3n) is 3.19. The number of hydrogen-bond acceptors (Lipinski definition) is 3. The Bertz CT molecular complexity index is 763. The van der Waals surface area contributed by atoms with Gasteiger partial charge in [-0.3, -0.25) is 0 Å². The van der Waals surface area contributed by atoms with Crippen LogP contribution in [0.25, 0.3) is 0 Å². The molecule has 22 heavy (non-hydrogen) atoms. The van der Waals surface area contributed by atoms with Gasteiger partial charge in [0.05, 0.1) is 17.5 Å². The summed E-state index contributed by atoms with van der Waals surface area (Å²) in [5.41, 5.74) is 0.978. The van der Waals surface area contributed by atoms with Crippen molar-refractivity contribution >= 4 is 21.6 Å². The van der Waals surface area contributed by atoms with Crippen LogP contribution in [0.1, 0.15) is 17.2 Å². The van der Waals surface area contributed by atoms with E-state index in [1.807, 2.05) is 0 Å². The zero-order chi connectivity index (χ0) is 16.3. The Hall–Kier alpha value is -1.47. The average Bonchev–Trinajstić information content (AvgIpc) is 2.48. The van der Waals surface area contributed by atoms with Gasteiger partial charge in [0.15, 0.2) is 0 Å². The summed E-state index contributed by atoms with van der Waals surface area (Å²) in [7, 11) is -3.97. The van der Waals surface area contributed by atoms with Crippen LogP contribution in [0.15, 0.2) is 47.4 Å². The summed E-state index contributed by atoms with van der Waals surface area (Å²) < 4.78 is 40.5. The highest BCUT2D eigenvalue weighted by atomic mass is 35.5. The smallest absolute Gasteiger partial charge is 0.241 e. The summed E-state index contributed by atoms with van der Waals surface area (Å²) in [6, 6.07) is 9.12. The van der Waals surface area contributed by atoms with Gasteiger partial charge in [-0.2, -0.15) is 0 Å². The van der Waals surface area contributed by atoms with Crippen molar-refractivity contribution in [3.8, 4) is 0 Å². The van der Waals surface area contributed by atoms with Crippen LogP contribution in [0.4, 0.5) is 4.39 Å². The summed E-state index contributed by atoms with van der Waals surface area (Å²) in [6.07, 6.45) is 0. The fourth-order valence-corrected chi connectivity index (χ4v) is 3.62. The molecule has 0 spiro atoms. The standard InChI is InChI=1S/C15H15ClFNO3S/c1-10-2-7-13(17)8-15(10)22(20,21)18-14(9-19)11-3-5-12(16)6-4-11/h2-8,14,18-19H,9H2,1H3. The van der Waals surface area contributed by atoms with Crippen molar-refractivity contribution in [3.05, 3.63) is 64.4 Å². The van der Waals surface area contributed by atoms with Crippen LogP contribution in [0.3, 0.4) is 0 Å². The SMILES string of the molecule is Cc1ccc(F)cc1S(=O)(=O)NC(CO)c1ccc(Cl)cc1. The van der Waals surface area contributed by atoms with Crippen molar-refractivity contribution in [3.63, 3.8) is 0 Å². The largest absolute Gasteiger partial charge is 0.394 e. The molecule has 1 atom stereocenters. The normalized spacial score (nSPS) is 13.1. The highest BCUT2D eigenvalue weighted by molar-refractivity contribution is 7.89. The van der Waals surface area contributed by atoms with E-state index in [-0.39, 0.29) is 4.90 Å². The Morgan fingerprint density at radius 1 is 1.23 bits per heavy atom. The van der Waals surface area contributed by atoms with Gasteiger partial charge in [0.1, 0.15) is 5.82 Å². The number of halogens is 2. The van der Waals surface area contributed by atoms with Crippen molar-refractivity contribution in [1.29, 1.82) is 0 Å². The van der Waals surface area contributed by atoms with E-state index in [4.69, 9.17) is 11.6 Å². The van der Waals surface area contributed by atoms with Gasteiger partial charge >= 0.3 is 0 Å². The Morgan fingerprint density at radius 2 is 1.86 bits per heavy atom. The Morgan fingerprint density at radius 3 is 2.45 bits per heavy atom. The highest BCUT2D eigenvalue weighted by Crippen LogP contribution is 2.21. The van der Waals surface area contributed by atoms with Gasteiger partial charge < -0.3 is 5.11 Å². The number of aliphatic hydroxyl groups excluding tert-OH is 1. The number of benzene rings is 2. The molecule has 0 radical (unpaired) electrons. The molecule has 0 aliphatic heterocycles. The van der Waals surface area contributed by atoms with Crippen molar-refractivity contribution in [2.75, 3.05) is 6.61 Å². The Labute approximate surface area is 133 Å². The molecule has 4 nitrogen and oxygen atoms in total. The minimum Gasteiger partial charge on any atom is -0.394 e. The van der Waals surface area contributed by atoms with Crippen LogP contribution in [0, 0.1) is 12.7 Å². The first-order valence-electron chi connectivity index (χ1n) is 6.48. The zero-order valence-electron chi connectivity index (χ0n) is 11.8. The topological polar surface area (TPSA) is 66.4 Å². The van der Waals surface area contributed by atoms with Gasteiger partial charge in [0.25, 0.3) is 0 Å². The quantitative estimate of drug-likeness (QED) is 0.877. The first-order chi connectivity index (χ1) is 10.3. The fraction of sp³-hybridized carbons (Fsp3) is 0.200. The molecule has 0 aliphatic rings. The predicted octanol–water partition coefficient (Wildman–Crippen LogP) is 2.80. The van der Waals surface area contributed by atoms with Crippen molar-refractivity contribution in [2.24, 2.45) is 0 Å². The van der Waals surface area contributed by atoms with Gasteiger partial charge in [0.2, 0.25) is 10.0 Å². The summed E-state index contributed by atoms with van der Waals surface area (Å²) in [6.45, 7) is 1.14. The van der Waals surface area contributed by atoms with E-state index in [0.717, 1.165) is 6.07 Å². The molecule has 0 saturated heterocycles. The summed E-state index contributed by atoms with van der Waals surface area (Å²) in [4.78, 5) is -0.153. The van der Waals surface area contributed by atoms with Crippen LogP contribution in [-0.2, 0) is 10.0 Å². The number of aryl methyl sites for hydroxylation is 1. The molecule has 2 aromatic rings. The molecule has 2 rings (SSSR count). The van der Waals surface area contributed by atoms with E-state index in [1.54, 1.807) is 31.2 Å².